The number of nitrogens with one attached hydrogen (secondary N) is 1. The van der Waals surface area contributed by atoms with Gasteiger partial charge in [-0.05, 0) is 12.1 Å². The van der Waals surface area contributed by atoms with Gasteiger partial charge in [-0.15, -0.1) is 0 Å². The van der Waals surface area contributed by atoms with E-state index < -0.39 is 0 Å². The first-order valence-corrected chi connectivity index (χ1v) is 7.77. The Morgan fingerprint density at radius 3 is 3.00 bits per heavy atom. The van der Waals surface area contributed by atoms with Crippen molar-refractivity contribution in [1.82, 2.24) is 25.1 Å². The molecule has 22 heavy (non-hydrogen) atoms. The number of carbonyl (C=O) groups excluding carboxylic acids is 1. The lowest BCUT2D eigenvalue weighted by atomic mass is 10.1. The van der Waals surface area contributed by atoms with Gasteiger partial charge in [-0.1, -0.05) is 11.3 Å². The lowest BCUT2D eigenvalue weighted by Gasteiger charge is -2.39. The smallest absolute Gasteiger partial charge is 0.272 e. The van der Waals surface area contributed by atoms with Crippen LogP contribution in [0.15, 0.2) is 30.7 Å². The zero-order valence-corrected chi connectivity index (χ0v) is 12.7. The van der Waals surface area contributed by atoms with Crippen LogP contribution >= 0.6 is 11.3 Å². The quantitative estimate of drug-likeness (QED) is 0.782. The first-order valence-electron chi connectivity index (χ1n) is 6.95. The maximum Gasteiger partial charge on any atom is 0.272 e. The highest BCUT2D eigenvalue weighted by Crippen LogP contribution is 2.30. The minimum absolute atomic E-state index is 0.126. The molecule has 0 radical (unpaired) electrons. The van der Waals surface area contributed by atoms with Crippen LogP contribution in [0.5, 0.6) is 0 Å². The standard InChI is InChI=1S/C14H14N6OS/c1-19-5-3-10(18-19)13(21)16-9-7-20(8-9)14-17-11-6-15-4-2-12(11)22-14/h2-6,9H,7-8H2,1H3,(H,16,21). The van der Waals surface area contributed by atoms with Crippen molar-refractivity contribution in [1.29, 1.82) is 0 Å². The van der Waals surface area contributed by atoms with E-state index in [2.05, 4.69) is 25.3 Å². The summed E-state index contributed by atoms with van der Waals surface area (Å²) in [5, 5.41) is 8.07. The van der Waals surface area contributed by atoms with Gasteiger partial charge in [-0.3, -0.25) is 14.5 Å². The summed E-state index contributed by atoms with van der Waals surface area (Å²) >= 11 is 1.65. The second-order valence-corrected chi connectivity index (χ2v) is 6.30. The van der Waals surface area contributed by atoms with Crippen molar-refractivity contribution >= 4 is 32.6 Å². The second-order valence-electron chi connectivity index (χ2n) is 5.29. The molecule has 1 N–H and O–H groups in total. The molecule has 0 aromatic carbocycles. The number of anilines is 1. The predicted molar refractivity (Wildman–Crippen MR) is 84.1 cm³/mol. The number of pyridine rings is 1. The maximum atomic E-state index is 12.0. The van der Waals surface area contributed by atoms with E-state index in [1.807, 2.05) is 6.07 Å². The summed E-state index contributed by atoms with van der Waals surface area (Å²) in [7, 11) is 1.80. The first-order chi connectivity index (χ1) is 10.7. The highest BCUT2D eigenvalue weighted by atomic mass is 32.1. The number of aromatic nitrogens is 4. The Balaban J connectivity index is 1.38. The van der Waals surface area contributed by atoms with E-state index in [9.17, 15) is 4.79 Å². The van der Waals surface area contributed by atoms with Crippen LogP contribution in [-0.2, 0) is 7.05 Å². The van der Waals surface area contributed by atoms with Crippen LogP contribution in [0.2, 0.25) is 0 Å². The molecule has 0 atom stereocenters. The average Bonchev–Trinajstić information content (AvgIpc) is 3.07. The monoisotopic (exact) mass is 314 g/mol. The molecule has 7 nitrogen and oxygen atoms in total. The molecule has 112 valence electrons. The van der Waals surface area contributed by atoms with Crippen molar-refractivity contribution in [3.05, 3.63) is 36.4 Å². The third-order valence-electron chi connectivity index (χ3n) is 3.61. The van der Waals surface area contributed by atoms with Crippen LogP contribution in [0.1, 0.15) is 10.5 Å². The number of fused-ring (bicyclic) bond motifs is 1. The van der Waals surface area contributed by atoms with Crippen LogP contribution < -0.4 is 10.2 Å². The second kappa shape index (κ2) is 5.06. The van der Waals surface area contributed by atoms with Gasteiger partial charge in [-0.25, -0.2) is 4.98 Å². The number of thiazole rings is 1. The fourth-order valence-corrected chi connectivity index (χ4v) is 3.38. The average molecular weight is 314 g/mol. The van der Waals surface area contributed by atoms with Crippen molar-refractivity contribution in [3.63, 3.8) is 0 Å². The Hall–Kier alpha value is -2.48. The summed E-state index contributed by atoms with van der Waals surface area (Å²) in [6.07, 6.45) is 5.31. The fraction of sp³-hybridized carbons (Fsp3) is 0.286. The van der Waals surface area contributed by atoms with Crippen molar-refractivity contribution < 1.29 is 4.79 Å². The van der Waals surface area contributed by atoms with Gasteiger partial charge in [0.15, 0.2) is 5.13 Å². The molecule has 3 aromatic heterocycles. The van der Waals surface area contributed by atoms with E-state index in [0.717, 1.165) is 28.4 Å². The molecule has 0 aliphatic carbocycles. The molecule has 0 bridgehead atoms. The highest BCUT2D eigenvalue weighted by Gasteiger charge is 2.30. The van der Waals surface area contributed by atoms with Crippen molar-refractivity contribution in [2.45, 2.75) is 6.04 Å². The summed E-state index contributed by atoms with van der Waals surface area (Å²) in [6.45, 7) is 1.54. The number of rotatable bonds is 3. The van der Waals surface area contributed by atoms with Gasteiger partial charge in [-0.2, -0.15) is 5.10 Å². The molecular formula is C14H14N6OS. The normalized spacial score (nSPS) is 15.0. The minimum Gasteiger partial charge on any atom is -0.344 e. The van der Waals surface area contributed by atoms with E-state index in [1.165, 1.54) is 0 Å². The minimum atomic E-state index is -0.126. The molecule has 1 fully saturated rings. The van der Waals surface area contributed by atoms with Crippen LogP contribution in [0, 0.1) is 0 Å². The van der Waals surface area contributed by atoms with E-state index in [1.54, 1.807) is 47.7 Å². The Labute approximate surface area is 130 Å². The van der Waals surface area contributed by atoms with Gasteiger partial charge >= 0.3 is 0 Å². The summed E-state index contributed by atoms with van der Waals surface area (Å²) in [6, 6.07) is 3.82. The lowest BCUT2D eigenvalue weighted by Crippen LogP contribution is -2.59. The lowest BCUT2D eigenvalue weighted by molar-refractivity contribution is 0.0924. The maximum absolute atomic E-state index is 12.0. The van der Waals surface area contributed by atoms with Gasteiger partial charge in [0, 0.05) is 32.5 Å². The Morgan fingerprint density at radius 2 is 2.27 bits per heavy atom. The molecule has 1 aliphatic rings. The van der Waals surface area contributed by atoms with Gasteiger partial charge in [0.05, 0.1) is 16.9 Å². The molecule has 0 unspecified atom stereocenters. The number of hydrogen-bond donors (Lipinski definition) is 1. The number of amides is 1. The third kappa shape index (κ3) is 2.31. The molecule has 0 saturated carbocycles. The largest absolute Gasteiger partial charge is 0.344 e. The Kier molecular flexibility index (Phi) is 3.04. The highest BCUT2D eigenvalue weighted by molar-refractivity contribution is 7.22. The molecule has 1 amide bonds. The van der Waals surface area contributed by atoms with Gasteiger partial charge in [0.2, 0.25) is 0 Å². The summed E-state index contributed by atoms with van der Waals surface area (Å²) < 4.78 is 2.75. The van der Waals surface area contributed by atoms with Crippen LogP contribution in [0.25, 0.3) is 10.2 Å². The SMILES string of the molecule is Cn1ccc(C(=O)NC2CN(c3nc4cnccc4s3)C2)n1. The van der Waals surface area contributed by atoms with Crippen LogP contribution in [0.4, 0.5) is 5.13 Å². The van der Waals surface area contributed by atoms with Crippen LogP contribution in [-0.4, -0.2) is 44.8 Å². The number of hydrogen-bond acceptors (Lipinski definition) is 6. The number of aryl methyl sites for hydroxylation is 1. The fourth-order valence-electron chi connectivity index (χ4n) is 2.42. The zero-order chi connectivity index (χ0) is 15.1. The molecule has 1 saturated heterocycles. The van der Waals surface area contributed by atoms with E-state index in [0.29, 0.717) is 5.69 Å². The Bertz CT molecular complexity index is 802. The third-order valence-corrected chi connectivity index (χ3v) is 4.71. The Morgan fingerprint density at radius 1 is 1.41 bits per heavy atom. The summed E-state index contributed by atoms with van der Waals surface area (Å²) in [5.41, 5.74) is 1.37. The molecule has 8 heteroatoms. The van der Waals surface area contributed by atoms with E-state index in [-0.39, 0.29) is 11.9 Å². The number of carbonyl (C=O) groups is 1. The predicted octanol–water partition coefficient (Wildman–Crippen LogP) is 1.04. The van der Waals surface area contributed by atoms with Crippen molar-refractivity contribution in [2.24, 2.45) is 7.05 Å². The first kappa shape index (κ1) is 13.2. The molecular weight excluding hydrogens is 300 g/mol. The molecule has 0 spiro atoms. The van der Waals surface area contributed by atoms with Crippen molar-refractivity contribution in [3.8, 4) is 0 Å². The zero-order valence-electron chi connectivity index (χ0n) is 11.9. The topological polar surface area (TPSA) is 75.9 Å². The van der Waals surface area contributed by atoms with E-state index in [4.69, 9.17) is 0 Å². The molecule has 1 aliphatic heterocycles. The van der Waals surface area contributed by atoms with Gasteiger partial charge in [0.1, 0.15) is 11.2 Å². The summed E-state index contributed by atoms with van der Waals surface area (Å²) in [4.78, 5) is 22.8. The van der Waals surface area contributed by atoms with Crippen molar-refractivity contribution in [2.75, 3.05) is 18.0 Å². The van der Waals surface area contributed by atoms with Gasteiger partial charge in [0.25, 0.3) is 5.91 Å². The molecule has 4 rings (SSSR count). The van der Waals surface area contributed by atoms with E-state index >= 15 is 0 Å². The number of nitrogens with zero attached hydrogens (tertiary/aromatic N) is 5. The van der Waals surface area contributed by atoms with Crippen LogP contribution in [0.3, 0.4) is 0 Å². The molecule has 4 heterocycles. The summed E-state index contributed by atoms with van der Waals surface area (Å²) in [5.74, 6) is -0.126. The van der Waals surface area contributed by atoms with Gasteiger partial charge < -0.3 is 10.2 Å². The molecule has 3 aromatic rings.